The molecule has 6 aromatic rings. The van der Waals surface area contributed by atoms with E-state index in [-0.39, 0.29) is 41.3 Å². The standard InChI is InChI=1S/C26H33FN2O4S.C14H20O2S.C13H16FNO3.C13H19NO2S.C7H9NO2S.C6H10O.C2H6.ClH/c1-17(2)24(28-25(30)22-15-18(3)5-10-23(22)27)26(31)29-13-11-20(12-14-29)16-19-6-8-21(9-7-19)34(4,32)33;1-17(15,16)14-9-7-13(8-10-14)11-12-5-3-2-4-6-12;1-7(2)11(13(17)18)15-12(16)9-6-8(3)4-5-10(9)14;1-17(15,16)13-4-2-11(3-5-13)10-12-6-8-14-9-7-12;1-11(9,10)7-4-2-6(8)3-5-7;7-6-4-2-1-3-5-6;1-2;/h5-10,15,17,20,24H,11-14,16H2,1-4H3,(H,28,30);7-10,12H,2-6,11H2,1H3;4-7,11H,1-3H3,(H,15,16)(H,17,18);2-5,12,14H,6-10H2,1H3;2-5H,8H2,1H3;1-5H2;1-2H3;1H/t24-;;11-;;;;;/m1.1...../s1. The summed E-state index contributed by atoms with van der Waals surface area (Å²) in [4.78, 5) is 62.4. The number of carbonyl (C=O) groups excluding carboxylic acids is 4. The largest absolute Gasteiger partial charge is 0.480 e. The molecule has 0 bridgehead atoms. The second-order valence-corrected chi connectivity index (χ2v) is 36.5. The highest BCUT2D eigenvalue weighted by Gasteiger charge is 2.33. The highest BCUT2D eigenvalue weighted by molar-refractivity contribution is 7.91. The molecule has 6 N–H and O–H groups in total. The zero-order chi connectivity index (χ0) is 79.1. The van der Waals surface area contributed by atoms with Gasteiger partial charge in [-0.05, 0) is 216 Å². The minimum absolute atomic E-state index is 0. The molecule has 2 aliphatic heterocycles. The molecule has 2 saturated heterocycles. The number of ketones is 1. The van der Waals surface area contributed by atoms with Crippen LogP contribution in [0.15, 0.2) is 153 Å². The van der Waals surface area contributed by atoms with Gasteiger partial charge in [-0.3, -0.25) is 19.2 Å². The maximum Gasteiger partial charge on any atom is 0.326 e. The van der Waals surface area contributed by atoms with E-state index in [0.29, 0.717) is 50.1 Å². The third-order valence-electron chi connectivity index (χ3n) is 18.6. The van der Waals surface area contributed by atoms with Crippen LogP contribution < -0.4 is 21.7 Å². The maximum absolute atomic E-state index is 14.1. The first-order valence-corrected chi connectivity index (χ1v) is 44.2. The molecule has 2 aliphatic carbocycles. The number of Topliss-reactive ketones (excluding diaryl/α,β-unsaturated/α-hetero) is 1. The van der Waals surface area contributed by atoms with Crippen molar-refractivity contribution in [1.82, 2.24) is 20.9 Å². The summed E-state index contributed by atoms with van der Waals surface area (Å²) >= 11 is 0. The Morgan fingerprint density at radius 2 is 0.804 bits per heavy atom. The van der Waals surface area contributed by atoms with E-state index in [1.807, 2.05) is 64.1 Å². The van der Waals surface area contributed by atoms with Gasteiger partial charge >= 0.3 is 5.97 Å². The van der Waals surface area contributed by atoms with Gasteiger partial charge in [-0.2, -0.15) is 0 Å². The van der Waals surface area contributed by atoms with Crippen LogP contribution in [0.25, 0.3) is 0 Å². The number of aliphatic carboxylic acids is 1. The number of sulfone groups is 4. The number of rotatable bonds is 18. The molecule has 4 fully saturated rings. The van der Waals surface area contributed by atoms with Crippen molar-refractivity contribution >= 4 is 86.9 Å². The topological polar surface area (TPSA) is 307 Å². The Bertz CT molecular complexity index is 4160. The van der Waals surface area contributed by atoms with Gasteiger partial charge < -0.3 is 31.7 Å². The van der Waals surface area contributed by atoms with Crippen molar-refractivity contribution in [3.05, 3.63) is 184 Å². The fraction of sp³-hybridized carbons (Fsp3) is 0.494. The van der Waals surface area contributed by atoms with Crippen LogP contribution in [-0.2, 0) is 73.0 Å². The molecular weight excluding hydrogens is 1470 g/mol. The lowest BCUT2D eigenvalue weighted by Crippen LogP contribution is -2.53. The summed E-state index contributed by atoms with van der Waals surface area (Å²) in [5.41, 5.74) is 10.8. The Morgan fingerprint density at radius 3 is 1.12 bits per heavy atom. The van der Waals surface area contributed by atoms with E-state index >= 15 is 0 Å². The first-order valence-electron chi connectivity index (χ1n) is 36.6. The molecule has 19 nitrogen and oxygen atoms in total. The van der Waals surface area contributed by atoms with Gasteiger partial charge in [-0.15, -0.1) is 12.4 Å². The molecule has 107 heavy (non-hydrogen) atoms. The Labute approximate surface area is 641 Å². The Morgan fingerprint density at radius 1 is 0.486 bits per heavy atom. The van der Waals surface area contributed by atoms with Crippen molar-refractivity contribution in [3.8, 4) is 0 Å². The second kappa shape index (κ2) is 45.5. The molecular formula is C81H114ClF2N5O14S4. The van der Waals surface area contributed by atoms with Gasteiger partial charge in [0.2, 0.25) is 5.91 Å². The smallest absolute Gasteiger partial charge is 0.326 e. The number of benzene rings is 6. The number of anilines is 1. The number of halogens is 3. The van der Waals surface area contributed by atoms with E-state index in [2.05, 4.69) is 16.0 Å². The van der Waals surface area contributed by atoms with Gasteiger partial charge in [0, 0.05) is 56.6 Å². The zero-order valence-electron chi connectivity index (χ0n) is 64.2. The SMILES string of the molecule is CC.CS(=O)(=O)c1ccc(CC2CCCCC2)cc1.CS(=O)(=O)c1ccc(CC2CCNCC2)cc1.CS(=O)(=O)c1ccc(N)cc1.Cc1ccc(F)c(C(=O)N[C@@H](C(=O)N2CCC(Cc3ccc(S(C)(=O)=O)cc3)CC2)C(C)C)c1.Cc1ccc(F)c(C(=O)N[C@@H](C(=O)O)C(C)C)c1.Cl.O=C1CCCCC1. The fourth-order valence-corrected chi connectivity index (χ4v) is 14.9. The number of hydrogen-bond acceptors (Lipinski definition) is 15. The van der Waals surface area contributed by atoms with E-state index in [4.69, 9.17) is 10.8 Å². The highest BCUT2D eigenvalue weighted by Crippen LogP contribution is 2.29. The molecule has 4 aliphatic rings. The zero-order valence-corrected chi connectivity index (χ0v) is 68.3. The van der Waals surface area contributed by atoms with E-state index in [0.717, 1.165) is 99.4 Å². The Hall–Kier alpha value is -7.42. The van der Waals surface area contributed by atoms with E-state index in [1.165, 1.54) is 124 Å². The molecule has 592 valence electrons. The highest BCUT2D eigenvalue weighted by atomic mass is 35.5. The van der Waals surface area contributed by atoms with Crippen molar-refractivity contribution in [2.24, 2.45) is 29.6 Å². The predicted molar refractivity (Wildman–Crippen MR) is 424 cm³/mol. The summed E-state index contributed by atoms with van der Waals surface area (Å²) in [5.74, 6) is -1.87. The number of likely N-dealkylation sites (tertiary alicyclic amines) is 1. The number of hydrogen-bond donors (Lipinski definition) is 5. The van der Waals surface area contributed by atoms with Crippen LogP contribution in [0.2, 0.25) is 0 Å². The van der Waals surface area contributed by atoms with Crippen LogP contribution in [0.3, 0.4) is 0 Å². The number of nitrogens with zero attached hydrogens (tertiary/aromatic N) is 1. The predicted octanol–water partition coefficient (Wildman–Crippen LogP) is 14.2. The van der Waals surface area contributed by atoms with Crippen molar-refractivity contribution in [2.45, 2.75) is 196 Å². The minimum atomic E-state index is -3.21. The van der Waals surface area contributed by atoms with Gasteiger partial charge in [-0.25, -0.2) is 47.2 Å². The van der Waals surface area contributed by atoms with Crippen LogP contribution in [0.4, 0.5) is 14.5 Å². The first-order chi connectivity index (χ1) is 49.8. The normalized spacial score (nSPS) is 15.6. The summed E-state index contributed by atoms with van der Waals surface area (Å²) < 4.78 is 118. The summed E-state index contributed by atoms with van der Waals surface area (Å²) in [6.45, 7) is 18.0. The van der Waals surface area contributed by atoms with Crippen LogP contribution >= 0.6 is 12.4 Å². The van der Waals surface area contributed by atoms with E-state index < -0.39 is 80.9 Å². The fourth-order valence-electron chi connectivity index (χ4n) is 12.4. The molecule has 0 unspecified atom stereocenters. The molecule has 2 saturated carbocycles. The third kappa shape index (κ3) is 33.9. The molecule has 2 heterocycles. The summed E-state index contributed by atoms with van der Waals surface area (Å²) in [6, 6.07) is 34.5. The van der Waals surface area contributed by atoms with Gasteiger partial charge in [0.05, 0.1) is 30.7 Å². The van der Waals surface area contributed by atoms with Gasteiger partial charge in [0.15, 0.2) is 39.3 Å². The number of aryl methyl sites for hydroxylation is 2. The minimum Gasteiger partial charge on any atom is -0.480 e. The average molecular weight is 1580 g/mol. The maximum atomic E-state index is 14.1. The lowest BCUT2D eigenvalue weighted by Gasteiger charge is -2.35. The molecule has 0 aromatic heterocycles. The first kappa shape index (κ1) is 93.8. The molecule has 6 aromatic carbocycles. The number of carboxylic acid groups (broad SMARTS) is 1. The van der Waals surface area contributed by atoms with Gasteiger partial charge in [0.1, 0.15) is 29.5 Å². The Balaban J connectivity index is 0.000000351. The second-order valence-electron chi connectivity index (χ2n) is 28.5. The summed E-state index contributed by atoms with van der Waals surface area (Å²) in [6.07, 6.45) is 23.9. The lowest BCUT2D eigenvalue weighted by molar-refractivity contribution is -0.140. The molecule has 26 heteroatoms. The molecule has 3 amide bonds. The number of nitrogens with one attached hydrogen (secondary N) is 3. The van der Waals surface area contributed by atoms with Crippen molar-refractivity contribution in [1.29, 1.82) is 0 Å². The number of carbonyl (C=O) groups is 5. The van der Waals surface area contributed by atoms with Crippen molar-refractivity contribution in [3.63, 3.8) is 0 Å². The monoisotopic (exact) mass is 1580 g/mol. The number of nitrogen functional groups attached to an aromatic ring is 1. The van der Waals surface area contributed by atoms with Gasteiger partial charge in [-0.1, -0.05) is 140 Å². The number of amides is 3. The summed E-state index contributed by atoms with van der Waals surface area (Å²) in [7, 11) is -12.4. The van der Waals surface area contributed by atoms with Crippen LogP contribution in [0.5, 0.6) is 0 Å². The van der Waals surface area contributed by atoms with Crippen molar-refractivity contribution < 1.29 is 71.5 Å². The molecule has 2 atom stereocenters. The van der Waals surface area contributed by atoms with Crippen molar-refractivity contribution in [2.75, 3.05) is 56.9 Å². The Kier molecular flexibility index (Phi) is 39.9. The molecule has 0 radical (unpaired) electrons. The lowest BCUT2D eigenvalue weighted by atomic mass is 9.85. The number of piperidine rings is 2. The van der Waals surface area contributed by atoms with E-state index in [1.54, 1.807) is 93.3 Å². The average Bonchev–Trinajstić information content (AvgIpc) is 0.834. The summed E-state index contributed by atoms with van der Waals surface area (Å²) in [5, 5.41) is 17.4. The number of nitrogens with two attached hydrogens (primary N) is 1. The quantitative estimate of drug-likeness (QED) is 0.0499. The molecule has 10 rings (SSSR count). The third-order valence-corrected chi connectivity index (χ3v) is 23.1. The van der Waals surface area contributed by atoms with Gasteiger partial charge in [0.25, 0.3) is 11.8 Å². The number of carboxylic acids is 1. The van der Waals surface area contributed by atoms with Crippen LogP contribution in [0, 0.1) is 55.1 Å². The van der Waals surface area contributed by atoms with E-state index in [9.17, 15) is 66.4 Å². The van der Waals surface area contributed by atoms with Crippen LogP contribution in [0.1, 0.15) is 180 Å². The molecule has 0 spiro atoms. The van der Waals surface area contributed by atoms with Crippen LogP contribution in [-0.4, -0.2) is 136 Å².